The van der Waals surface area contributed by atoms with Crippen LogP contribution < -0.4 is 5.32 Å². The summed E-state index contributed by atoms with van der Waals surface area (Å²) < 4.78 is 18.9. The number of ether oxygens (including phenoxy) is 1. The van der Waals surface area contributed by atoms with E-state index >= 15 is 0 Å². The number of thiophene rings is 1. The number of benzene rings is 1. The Hall–Kier alpha value is -1.43. The Morgan fingerprint density at radius 3 is 2.90 bits per heavy atom. The molecular weight excluding hydrogens is 313 g/mol. The van der Waals surface area contributed by atoms with Gasteiger partial charge < -0.3 is 10.1 Å². The van der Waals surface area contributed by atoms with E-state index in [4.69, 9.17) is 16.3 Å². The highest BCUT2D eigenvalue weighted by Gasteiger charge is 2.15. The molecule has 1 heterocycles. The van der Waals surface area contributed by atoms with E-state index in [2.05, 4.69) is 5.32 Å². The van der Waals surface area contributed by atoms with E-state index in [0.29, 0.717) is 6.54 Å². The summed E-state index contributed by atoms with van der Waals surface area (Å²) in [6.45, 7) is 0.331. The Morgan fingerprint density at radius 2 is 2.29 bits per heavy atom. The molecule has 1 aromatic carbocycles. The van der Waals surface area contributed by atoms with Gasteiger partial charge in [-0.1, -0.05) is 17.7 Å². The second-order valence-electron chi connectivity index (χ2n) is 4.46. The van der Waals surface area contributed by atoms with Crippen LogP contribution in [0.1, 0.15) is 17.2 Å². The van der Waals surface area contributed by atoms with Gasteiger partial charge in [0.25, 0.3) is 0 Å². The SMILES string of the molecule is COC(CNC(=O)Cc1c(F)cccc1Cl)c1ccsc1. The van der Waals surface area contributed by atoms with Crippen LogP contribution in [0.25, 0.3) is 0 Å². The first kappa shape index (κ1) is 15.9. The Kier molecular flexibility index (Phi) is 5.73. The number of carbonyl (C=O) groups excluding carboxylic acids is 1. The summed E-state index contributed by atoms with van der Waals surface area (Å²) in [4.78, 5) is 11.9. The predicted molar refractivity (Wildman–Crippen MR) is 82.2 cm³/mol. The average molecular weight is 328 g/mol. The van der Waals surface area contributed by atoms with Gasteiger partial charge in [-0.05, 0) is 34.5 Å². The molecule has 1 N–H and O–H groups in total. The number of methoxy groups -OCH3 is 1. The fraction of sp³-hybridized carbons (Fsp3) is 0.267. The largest absolute Gasteiger partial charge is 0.375 e. The van der Waals surface area contributed by atoms with Gasteiger partial charge in [-0.25, -0.2) is 4.39 Å². The normalized spacial score (nSPS) is 12.1. The molecule has 0 aliphatic carbocycles. The molecule has 0 aliphatic rings. The fourth-order valence-corrected chi connectivity index (χ4v) is 2.86. The summed E-state index contributed by atoms with van der Waals surface area (Å²) >= 11 is 7.47. The van der Waals surface area contributed by atoms with Crippen LogP contribution in [-0.2, 0) is 16.0 Å². The van der Waals surface area contributed by atoms with Crippen LogP contribution in [0.4, 0.5) is 4.39 Å². The van der Waals surface area contributed by atoms with Crippen molar-refractivity contribution in [3.8, 4) is 0 Å². The Balaban J connectivity index is 1.93. The van der Waals surface area contributed by atoms with Gasteiger partial charge in [0.15, 0.2) is 0 Å². The van der Waals surface area contributed by atoms with Crippen LogP contribution >= 0.6 is 22.9 Å². The second kappa shape index (κ2) is 7.54. The van der Waals surface area contributed by atoms with Crippen LogP contribution in [0.5, 0.6) is 0 Å². The number of hydrogen-bond acceptors (Lipinski definition) is 3. The molecule has 1 unspecified atom stereocenters. The lowest BCUT2D eigenvalue weighted by Gasteiger charge is -2.15. The van der Waals surface area contributed by atoms with E-state index in [1.165, 1.54) is 12.1 Å². The van der Waals surface area contributed by atoms with E-state index in [9.17, 15) is 9.18 Å². The smallest absolute Gasteiger partial charge is 0.224 e. The number of nitrogens with one attached hydrogen (secondary N) is 1. The highest BCUT2D eigenvalue weighted by Crippen LogP contribution is 2.20. The summed E-state index contributed by atoms with van der Waals surface area (Å²) in [7, 11) is 1.59. The zero-order chi connectivity index (χ0) is 15.2. The molecule has 0 radical (unpaired) electrons. The minimum absolute atomic E-state index is 0.0917. The van der Waals surface area contributed by atoms with E-state index in [-0.39, 0.29) is 29.0 Å². The Labute approximate surface area is 131 Å². The molecule has 2 rings (SSSR count). The summed E-state index contributed by atoms with van der Waals surface area (Å²) in [5.74, 6) is -0.766. The third-order valence-corrected chi connectivity index (χ3v) is 4.14. The van der Waals surface area contributed by atoms with Gasteiger partial charge in [0.1, 0.15) is 11.9 Å². The van der Waals surface area contributed by atoms with E-state index in [0.717, 1.165) is 5.56 Å². The van der Waals surface area contributed by atoms with Crippen molar-refractivity contribution in [3.63, 3.8) is 0 Å². The van der Waals surface area contributed by atoms with Crippen LogP contribution in [0.2, 0.25) is 5.02 Å². The number of carbonyl (C=O) groups is 1. The minimum atomic E-state index is -0.473. The van der Waals surface area contributed by atoms with Crippen molar-refractivity contribution in [2.45, 2.75) is 12.5 Å². The van der Waals surface area contributed by atoms with Gasteiger partial charge in [-0.2, -0.15) is 11.3 Å². The lowest BCUT2D eigenvalue weighted by molar-refractivity contribution is -0.121. The fourth-order valence-electron chi connectivity index (χ4n) is 1.93. The summed E-state index contributed by atoms with van der Waals surface area (Å²) in [6, 6.07) is 6.31. The van der Waals surface area contributed by atoms with E-state index in [1.807, 2.05) is 16.8 Å². The molecule has 0 bridgehead atoms. The third kappa shape index (κ3) is 4.27. The van der Waals surface area contributed by atoms with Gasteiger partial charge in [0, 0.05) is 24.2 Å². The lowest BCUT2D eigenvalue weighted by Crippen LogP contribution is -2.30. The molecule has 0 saturated carbocycles. The van der Waals surface area contributed by atoms with Crippen molar-refractivity contribution in [3.05, 3.63) is 57.0 Å². The highest BCUT2D eigenvalue weighted by atomic mass is 35.5. The van der Waals surface area contributed by atoms with Crippen LogP contribution in [0.3, 0.4) is 0 Å². The molecule has 1 amide bonds. The molecule has 2 aromatic rings. The van der Waals surface area contributed by atoms with Crippen molar-refractivity contribution in [2.75, 3.05) is 13.7 Å². The van der Waals surface area contributed by atoms with Crippen LogP contribution in [0.15, 0.2) is 35.0 Å². The van der Waals surface area contributed by atoms with Crippen LogP contribution in [-0.4, -0.2) is 19.6 Å². The minimum Gasteiger partial charge on any atom is -0.375 e. The molecule has 0 saturated heterocycles. The summed E-state index contributed by atoms with van der Waals surface area (Å²) in [5, 5.41) is 6.91. The maximum Gasteiger partial charge on any atom is 0.224 e. The predicted octanol–water partition coefficient (Wildman–Crippen LogP) is 3.59. The third-order valence-electron chi connectivity index (χ3n) is 3.08. The van der Waals surface area contributed by atoms with Gasteiger partial charge in [0.2, 0.25) is 5.91 Å². The number of amides is 1. The first-order valence-corrected chi connectivity index (χ1v) is 7.68. The lowest BCUT2D eigenvalue weighted by atomic mass is 10.1. The number of halogens is 2. The highest BCUT2D eigenvalue weighted by molar-refractivity contribution is 7.07. The number of rotatable bonds is 6. The van der Waals surface area contributed by atoms with E-state index in [1.54, 1.807) is 24.5 Å². The molecule has 0 aliphatic heterocycles. The van der Waals surface area contributed by atoms with Crippen LogP contribution in [0, 0.1) is 5.82 Å². The Morgan fingerprint density at radius 1 is 1.48 bits per heavy atom. The molecular formula is C15H15ClFNO2S. The molecule has 0 fully saturated rings. The maximum atomic E-state index is 13.6. The van der Waals surface area contributed by atoms with Crippen molar-refractivity contribution in [1.29, 1.82) is 0 Å². The average Bonchev–Trinajstić information content (AvgIpc) is 2.98. The first-order chi connectivity index (χ1) is 10.1. The number of hydrogen-bond donors (Lipinski definition) is 1. The van der Waals surface area contributed by atoms with Gasteiger partial charge in [-0.15, -0.1) is 0 Å². The quantitative estimate of drug-likeness (QED) is 0.880. The van der Waals surface area contributed by atoms with Gasteiger partial charge >= 0.3 is 0 Å². The van der Waals surface area contributed by atoms with Crippen molar-refractivity contribution >= 4 is 28.8 Å². The monoisotopic (exact) mass is 327 g/mol. The van der Waals surface area contributed by atoms with Crippen molar-refractivity contribution in [1.82, 2.24) is 5.32 Å². The summed E-state index contributed by atoms with van der Waals surface area (Å²) in [5.41, 5.74) is 1.22. The molecule has 0 spiro atoms. The zero-order valence-corrected chi connectivity index (χ0v) is 13.0. The maximum absolute atomic E-state index is 13.6. The first-order valence-electron chi connectivity index (χ1n) is 6.36. The standard InChI is InChI=1S/C15H15ClFNO2S/c1-20-14(10-5-6-21-9-10)8-18-15(19)7-11-12(16)3-2-4-13(11)17/h2-6,9,14H,7-8H2,1H3,(H,18,19). The molecule has 1 atom stereocenters. The van der Waals surface area contributed by atoms with Crippen molar-refractivity contribution < 1.29 is 13.9 Å². The molecule has 3 nitrogen and oxygen atoms in total. The molecule has 112 valence electrons. The Bertz CT molecular complexity index is 583. The van der Waals surface area contributed by atoms with Gasteiger partial charge in [0.05, 0.1) is 6.42 Å². The van der Waals surface area contributed by atoms with Gasteiger partial charge in [-0.3, -0.25) is 4.79 Å². The molecule has 6 heteroatoms. The summed E-state index contributed by atoms with van der Waals surface area (Å²) in [6.07, 6.45) is -0.303. The topological polar surface area (TPSA) is 38.3 Å². The van der Waals surface area contributed by atoms with E-state index < -0.39 is 5.82 Å². The molecule has 21 heavy (non-hydrogen) atoms. The second-order valence-corrected chi connectivity index (χ2v) is 5.65. The zero-order valence-electron chi connectivity index (χ0n) is 11.4. The van der Waals surface area contributed by atoms with Crippen molar-refractivity contribution in [2.24, 2.45) is 0 Å². The molecule has 1 aromatic heterocycles.